The maximum absolute atomic E-state index is 12.8. The van der Waals surface area contributed by atoms with Crippen molar-refractivity contribution in [3.63, 3.8) is 0 Å². The smallest absolute Gasteiger partial charge is 0.225 e. The molecule has 1 saturated heterocycles. The molecule has 1 aliphatic carbocycles. The summed E-state index contributed by atoms with van der Waals surface area (Å²) < 4.78 is 0. The Morgan fingerprint density at radius 3 is 2.87 bits per heavy atom. The fourth-order valence-electron chi connectivity index (χ4n) is 5.00. The van der Waals surface area contributed by atoms with Crippen LogP contribution in [0.4, 0.5) is 0 Å². The molecular formula is C25H37N5O. The molecule has 0 bridgehead atoms. The van der Waals surface area contributed by atoms with Crippen LogP contribution in [0, 0.1) is 5.92 Å². The molecule has 2 aromatic rings. The Morgan fingerprint density at radius 2 is 2.03 bits per heavy atom. The van der Waals surface area contributed by atoms with Crippen molar-refractivity contribution in [2.24, 2.45) is 10.9 Å². The molecule has 1 unspecified atom stereocenters. The van der Waals surface area contributed by atoms with E-state index in [9.17, 15) is 4.79 Å². The van der Waals surface area contributed by atoms with Crippen molar-refractivity contribution < 1.29 is 4.79 Å². The van der Waals surface area contributed by atoms with Crippen molar-refractivity contribution in [3.05, 3.63) is 36.0 Å². The average Bonchev–Trinajstić information content (AvgIpc) is 3.44. The number of fused-ring (bicyclic) bond motifs is 1. The van der Waals surface area contributed by atoms with Crippen LogP contribution >= 0.6 is 0 Å². The number of guanidine groups is 1. The number of aryl methyl sites for hydroxylation is 1. The van der Waals surface area contributed by atoms with Crippen molar-refractivity contribution in [3.8, 4) is 0 Å². The minimum Gasteiger partial charge on any atom is -0.361 e. The first-order valence-electron chi connectivity index (χ1n) is 12.1. The second-order valence-corrected chi connectivity index (χ2v) is 8.97. The largest absolute Gasteiger partial charge is 0.361 e. The van der Waals surface area contributed by atoms with Gasteiger partial charge in [-0.15, -0.1) is 0 Å². The highest BCUT2D eigenvalue weighted by Gasteiger charge is 2.31. The number of aromatic nitrogens is 1. The van der Waals surface area contributed by atoms with Gasteiger partial charge in [0.05, 0.1) is 0 Å². The topological polar surface area (TPSA) is 72.5 Å². The molecule has 6 nitrogen and oxygen atoms in total. The number of benzene rings is 1. The lowest BCUT2D eigenvalue weighted by Crippen LogP contribution is -2.45. The second kappa shape index (κ2) is 10.7. The molecule has 1 atom stereocenters. The van der Waals surface area contributed by atoms with Crippen molar-refractivity contribution >= 4 is 22.8 Å². The minimum absolute atomic E-state index is 0.263. The van der Waals surface area contributed by atoms with Crippen LogP contribution in [-0.2, 0) is 11.2 Å². The molecule has 1 saturated carbocycles. The monoisotopic (exact) mass is 423 g/mol. The number of hydrogen-bond acceptors (Lipinski definition) is 2. The molecule has 0 radical (unpaired) electrons. The third-order valence-corrected chi connectivity index (χ3v) is 6.69. The number of carbonyl (C=O) groups is 1. The van der Waals surface area contributed by atoms with E-state index in [0.717, 1.165) is 64.2 Å². The number of carbonyl (C=O) groups excluding carboxylic acids is 1. The zero-order chi connectivity index (χ0) is 21.5. The quantitative estimate of drug-likeness (QED) is 0.360. The van der Waals surface area contributed by atoms with Crippen LogP contribution in [-0.4, -0.2) is 54.0 Å². The first kappa shape index (κ1) is 21.7. The highest BCUT2D eigenvalue weighted by atomic mass is 16.2. The van der Waals surface area contributed by atoms with Crippen molar-refractivity contribution in [1.82, 2.24) is 20.5 Å². The molecule has 2 aliphatic rings. The zero-order valence-electron chi connectivity index (χ0n) is 18.8. The minimum atomic E-state index is 0.263. The van der Waals surface area contributed by atoms with Gasteiger partial charge in [-0.05, 0) is 50.7 Å². The summed E-state index contributed by atoms with van der Waals surface area (Å²) in [4.78, 5) is 23.0. The fraction of sp³-hybridized carbons (Fsp3) is 0.600. The number of nitrogens with one attached hydrogen (secondary N) is 3. The van der Waals surface area contributed by atoms with E-state index in [1.807, 2.05) is 0 Å². The normalized spacial score (nSPS) is 20.4. The summed E-state index contributed by atoms with van der Waals surface area (Å²) in [5.41, 5.74) is 2.56. The number of nitrogens with zero attached hydrogens (tertiary/aromatic N) is 2. The summed E-state index contributed by atoms with van der Waals surface area (Å²) in [5.74, 6) is 1.52. The lowest BCUT2D eigenvalue weighted by atomic mass is 9.88. The molecule has 3 N–H and O–H groups in total. The van der Waals surface area contributed by atoms with Gasteiger partial charge >= 0.3 is 0 Å². The highest BCUT2D eigenvalue weighted by molar-refractivity contribution is 5.83. The summed E-state index contributed by atoms with van der Waals surface area (Å²) >= 11 is 0. The third kappa shape index (κ3) is 5.60. The molecule has 0 spiro atoms. The van der Waals surface area contributed by atoms with Crippen molar-refractivity contribution in [1.29, 1.82) is 0 Å². The zero-order valence-corrected chi connectivity index (χ0v) is 18.8. The number of amides is 1. The molecule has 31 heavy (non-hydrogen) atoms. The number of likely N-dealkylation sites (tertiary alicyclic amines) is 1. The summed E-state index contributed by atoms with van der Waals surface area (Å²) in [7, 11) is 0. The summed E-state index contributed by atoms with van der Waals surface area (Å²) in [6, 6.07) is 8.74. The maximum atomic E-state index is 12.8. The third-order valence-electron chi connectivity index (χ3n) is 6.69. The Balaban J connectivity index is 1.25. The van der Waals surface area contributed by atoms with Crippen LogP contribution in [0.3, 0.4) is 0 Å². The van der Waals surface area contributed by atoms with Gasteiger partial charge in [-0.2, -0.15) is 0 Å². The molecule has 1 amide bonds. The second-order valence-electron chi connectivity index (χ2n) is 8.97. The predicted molar refractivity (Wildman–Crippen MR) is 127 cm³/mol. The van der Waals surface area contributed by atoms with Gasteiger partial charge in [0.1, 0.15) is 0 Å². The molecule has 2 heterocycles. The SMILES string of the molecule is CCNC(=NCCCc1c[nH]c2ccccc12)NC1CCN(C(=O)C2CCCCC2)C1. The van der Waals surface area contributed by atoms with E-state index < -0.39 is 0 Å². The van der Waals surface area contributed by atoms with E-state index in [-0.39, 0.29) is 5.92 Å². The van der Waals surface area contributed by atoms with E-state index in [1.165, 1.54) is 35.7 Å². The Bertz CT molecular complexity index is 883. The van der Waals surface area contributed by atoms with Crippen molar-refractivity contribution in [2.75, 3.05) is 26.2 Å². The number of H-pyrrole nitrogens is 1. The molecule has 1 aromatic carbocycles. The summed E-state index contributed by atoms with van der Waals surface area (Å²) in [6.07, 6.45) is 11.0. The Labute approximate surface area is 185 Å². The number of aliphatic imine (C=N–C) groups is 1. The van der Waals surface area contributed by atoms with E-state index in [4.69, 9.17) is 4.99 Å². The van der Waals surface area contributed by atoms with Crippen LogP contribution < -0.4 is 10.6 Å². The van der Waals surface area contributed by atoms with E-state index in [0.29, 0.717) is 11.9 Å². The standard InChI is InChI=1S/C25H37N5O/c1-2-26-25(27-15-8-11-20-17-28-23-13-7-6-12-22(20)23)29-21-14-16-30(18-21)24(31)19-9-4-3-5-10-19/h6-7,12-13,17,19,21,28H,2-5,8-11,14-16,18H2,1H3,(H2,26,27,29). The Kier molecular flexibility index (Phi) is 7.49. The molecule has 1 aliphatic heterocycles. The summed E-state index contributed by atoms with van der Waals surface area (Å²) in [5, 5.41) is 8.25. The van der Waals surface area contributed by atoms with Gasteiger partial charge < -0.3 is 20.5 Å². The molecule has 168 valence electrons. The van der Waals surface area contributed by atoms with Crippen LogP contribution in [0.1, 0.15) is 57.4 Å². The molecule has 1 aromatic heterocycles. The Morgan fingerprint density at radius 1 is 1.19 bits per heavy atom. The number of hydrogen-bond donors (Lipinski definition) is 3. The fourth-order valence-corrected chi connectivity index (χ4v) is 5.00. The lowest BCUT2D eigenvalue weighted by molar-refractivity contribution is -0.135. The van der Waals surface area contributed by atoms with Crippen LogP contribution in [0.15, 0.2) is 35.5 Å². The number of para-hydroxylation sites is 1. The lowest BCUT2D eigenvalue weighted by Gasteiger charge is -2.26. The van der Waals surface area contributed by atoms with Crippen LogP contribution in [0.2, 0.25) is 0 Å². The van der Waals surface area contributed by atoms with Gasteiger partial charge in [0.25, 0.3) is 0 Å². The number of rotatable bonds is 7. The number of aromatic amines is 1. The molecular weight excluding hydrogens is 386 g/mol. The summed E-state index contributed by atoms with van der Waals surface area (Å²) in [6.45, 7) is 5.39. The maximum Gasteiger partial charge on any atom is 0.225 e. The van der Waals surface area contributed by atoms with Gasteiger partial charge in [-0.1, -0.05) is 37.5 Å². The van der Waals surface area contributed by atoms with Crippen LogP contribution in [0.5, 0.6) is 0 Å². The molecule has 6 heteroatoms. The molecule has 2 fully saturated rings. The van der Waals surface area contributed by atoms with Gasteiger partial charge in [0.15, 0.2) is 5.96 Å². The first-order chi connectivity index (χ1) is 15.2. The van der Waals surface area contributed by atoms with E-state index in [1.54, 1.807) is 0 Å². The molecule has 4 rings (SSSR count). The highest BCUT2D eigenvalue weighted by Crippen LogP contribution is 2.26. The predicted octanol–water partition coefficient (Wildman–Crippen LogP) is 3.84. The van der Waals surface area contributed by atoms with Gasteiger partial charge in [-0.3, -0.25) is 9.79 Å². The van der Waals surface area contributed by atoms with Gasteiger partial charge in [0.2, 0.25) is 5.91 Å². The van der Waals surface area contributed by atoms with E-state index in [2.05, 4.69) is 57.9 Å². The average molecular weight is 424 g/mol. The van der Waals surface area contributed by atoms with Gasteiger partial charge in [0, 0.05) is 55.2 Å². The first-order valence-corrected chi connectivity index (χ1v) is 12.1. The van der Waals surface area contributed by atoms with Crippen LogP contribution in [0.25, 0.3) is 10.9 Å². The Hall–Kier alpha value is -2.50. The van der Waals surface area contributed by atoms with Gasteiger partial charge in [-0.25, -0.2) is 0 Å². The van der Waals surface area contributed by atoms with E-state index >= 15 is 0 Å². The van der Waals surface area contributed by atoms with Crippen molar-refractivity contribution in [2.45, 2.75) is 64.3 Å².